The van der Waals surface area contributed by atoms with Gasteiger partial charge in [0.15, 0.2) is 0 Å². The predicted octanol–water partition coefficient (Wildman–Crippen LogP) is 3.83. The second kappa shape index (κ2) is 7.18. The summed E-state index contributed by atoms with van der Waals surface area (Å²) in [4.78, 5) is 21.5. The predicted molar refractivity (Wildman–Crippen MR) is 86.1 cm³/mol. The number of anilines is 1. The molecule has 1 amide bonds. The van der Waals surface area contributed by atoms with Crippen molar-refractivity contribution in [2.45, 2.75) is 6.18 Å². The average molecular weight is 359 g/mol. The van der Waals surface area contributed by atoms with E-state index in [4.69, 9.17) is 4.74 Å². The average Bonchev–Trinajstić information content (AvgIpc) is 2.63. The van der Waals surface area contributed by atoms with Gasteiger partial charge in [0, 0.05) is 24.0 Å². The van der Waals surface area contributed by atoms with Gasteiger partial charge in [-0.05, 0) is 30.3 Å². The Morgan fingerprint density at radius 1 is 0.962 bits per heavy atom. The van der Waals surface area contributed by atoms with E-state index in [1.54, 1.807) is 12.1 Å². The number of aromatic nitrogens is 3. The van der Waals surface area contributed by atoms with Gasteiger partial charge in [-0.25, -0.2) is 4.98 Å². The van der Waals surface area contributed by atoms with Gasteiger partial charge in [-0.15, -0.1) is 0 Å². The molecule has 0 spiro atoms. The summed E-state index contributed by atoms with van der Waals surface area (Å²) in [5.41, 5.74) is -0.434. The van der Waals surface area contributed by atoms with E-state index in [2.05, 4.69) is 20.3 Å². The zero-order valence-corrected chi connectivity index (χ0v) is 13.0. The first-order valence-electron chi connectivity index (χ1n) is 7.22. The highest BCUT2D eigenvalue weighted by molar-refractivity contribution is 5.69. The fraction of sp³-hybridized carbons (Fsp3) is 0.0588. The van der Waals surface area contributed by atoms with Crippen LogP contribution in [0.4, 0.5) is 19.0 Å². The van der Waals surface area contributed by atoms with Crippen LogP contribution in [0.25, 0.3) is 11.3 Å². The van der Waals surface area contributed by atoms with Gasteiger partial charge < -0.3 is 10.1 Å². The van der Waals surface area contributed by atoms with E-state index in [0.29, 0.717) is 23.0 Å². The molecule has 131 valence electrons. The monoisotopic (exact) mass is 359 g/mol. The first kappa shape index (κ1) is 17.3. The summed E-state index contributed by atoms with van der Waals surface area (Å²) in [5, 5.41) is 2.27. The molecule has 0 aliphatic carbocycles. The molecule has 0 unspecified atom stereocenters. The summed E-state index contributed by atoms with van der Waals surface area (Å²) in [6.45, 7) is 0. The molecule has 0 atom stereocenters. The van der Waals surface area contributed by atoms with Crippen molar-refractivity contribution in [3.8, 4) is 22.8 Å². The molecule has 3 rings (SSSR count). The number of nitrogens with one attached hydrogen (secondary N) is 1. The molecule has 9 heteroatoms. The van der Waals surface area contributed by atoms with E-state index >= 15 is 0 Å². The highest BCUT2D eigenvalue weighted by Gasteiger charge is 2.32. The maximum absolute atomic E-state index is 12.8. The number of ether oxygens (including phenoxy) is 1. The molecular weight excluding hydrogens is 349 g/mol. The number of hydrogen-bond donors (Lipinski definition) is 1. The number of amides is 1. The second-order valence-electron chi connectivity index (χ2n) is 5.01. The summed E-state index contributed by atoms with van der Waals surface area (Å²) in [5.74, 6) is 1.05. The van der Waals surface area contributed by atoms with Crippen molar-refractivity contribution in [3.05, 3.63) is 60.7 Å². The van der Waals surface area contributed by atoms with E-state index in [9.17, 15) is 18.0 Å². The largest absolute Gasteiger partial charge is 0.456 e. The maximum Gasteiger partial charge on any atom is 0.433 e. The minimum absolute atomic E-state index is 0.261. The van der Waals surface area contributed by atoms with Crippen LogP contribution in [0.1, 0.15) is 5.69 Å². The lowest BCUT2D eigenvalue weighted by molar-refractivity contribution is -0.141. The highest BCUT2D eigenvalue weighted by atomic mass is 19.4. The molecule has 3 heterocycles. The summed E-state index contributed by atoms with van der Waals surface area (Å²) in [6, 6.07) is 8.49. The number of alkyl halides is 3. The Bertz CT molecular complexity index is 914. The molecular formula is C17H10F3N4O2. The fourth-order valence-corrected chi connectivity index (χ4v) is 2.08. The van der Waals surface area contributed by atoms with Gasteiger partial charge in [0.1, 0.15) is 23.0 Å². The number of halogens is 3. The third-order valence-electron chi connectivity index (χ3n) is 3.23. The van der Waals surface area contributed by atoms with E-state index < -0.39 is 11.9 Å². The zero-order valence-electron chi connectivity index (χ0n) is 13.0. The normalized spacial score (nSPS) is 11.0. The maximum atomic E-state index is 12.8. The Kier molecular flexibility index (Phi) is 4.78. The molecule has 1 N–H and O–H groups in total. The van der Waals surface area contributed by atoms with Crippen molar-refractivity contribution in [2.24, 2.45) is 0 Å². The Morgan fingerprint density at radius 3 is 2.46 bits per heavy atom. The standard InChI is InChI=1S/C17H10F3N4O2/c18-17(19,20)15-7-11(3-5-22-15)14-8-12(4-6-21-14)26-13-1-2-16(23-9-13)24-10-25/h1-9H,(H,23,24,25). The van der Waals surface area contributed by atoms with Crippen molar-refractivity contribution in [1.82, 2.24) is 15.0 Å². The summed E-state index contributed by atoms with van der Waals surface area (Å²) in [7, 11) is 0. The molecule has 3 aromatic heterocycles. The van der Waals surface area contributed by atoms with Crippen LogP contribution in [-0.2, 0) is 11.0 Å². The second-order valence-corrected chi connectivity index (χ2v) is 5.01. The first-order chi connectivity index (χ1) is 12.5. The van der Waals surface area contributed by atoms with Crippen molar-refractivity contribution < 1.29 is 22.7 Å². The van der Waals surface area contributed by atoms with Crippen LogP contribution in [0, 0.1) is 0 Å². The minimum atomic E-state index is -4.54. The van der Waals surface area contributed by atoms with Crippen molar-refractivity contribution in [1.29, 1.82) is 0 Å². The van der Waals surface area contributed by atoms with Gasteiger partial charge in [-0.2, -0.15) is 13.2 Å². The van der Waals surface area contributed by atoms with Crippen LogP contribution in [0.5, 0.6) is 11.5 Å². The lowest BCUT2D eigenvalue weighted by Gasteiger charge is -2.09. The molecule has 0 aliphatic heterocycles. The zero-order chi connectivity index (χ0) is 18.6. The van der Waals surface area contributed by atoms with Crippen molar-refractivity contribution >= 4 is 12.2 Å². The molecule has 0 bridgehead atoms. The quantitative estimate of drug-likeness (QED) is 0.701. The lowest BCUT2D eigenvalue weighted by Crippen LogP contribution is -2.07. The SMILES string of the molecule is O=[C]Nc1ccc(Oc2ccnc(-c3ccnc(C(F)(F)F)c3)c2)cn1. The summed E-state index contributed by atoms with van der Waals surface area (Å²) >= 11 is 0. The number of carbonyl (C=O) groups excluding carboxylic acids is 1. The molecule has 0 saturated carbocycles. The molecule has 0 fully saturated rings. The van der Waals surface area contributed by atoms with Gasteiger partial charge in [-0.1, -0.05) is 0 Å². The van der Waals surface area contributed by atoms with Crippen molar-refractivity contribution in [2.75, 3.05) is 5.32 Å². The van der Waals surface area contributed by atoms with Crippen molar-refractivity contribution in [3.63, 3.8) is 0 Å². The smallest absolute Gasteiger partial charge is 0.433 e. The number of hydrogen-bond acceptors (Lipinski definition) is 5. The Labute approximate surface area is 145 Å². The number of nitrogens with zero attached hydrogens (tertiary/aromatic N) is 3. The topological polar surface area (TPSA) is 77.0 Å². The summed E-state index contributed by atoms with van der Waals surface area (Å²) < 4.78 is 44.0. The third-order valence-corrected chi connectivity index (χ3v) is 3.23. The highest BCUT2D eigenvalue weighted by Crippen LogP contribution is 2.31. The number of pyridine rings is 3. The minimum Gasteiger partial charge on any atom is -0.456 e. The summed E-state index contributed by atoms with van der Waals surface area (Å²) in [6.07, 6.45) is 0.839. The molecule has 3 aromatic rings. The van der Waals surface area contributed by atoms with Crippen LogP contribution < -0.4 is 10.1 Å². The van der Waals surface area contributed by atoms with Crippen LogP contribution in [0.2, 0.25) is 0 Å². The third kappa shape index (κ3) is 4.12. The molecule has 6 nitrogen and oxygen atoms in total. The lowest BCUT2D eigenvalue weighted by atomic mass is 10.1. The molecule has 26 heavy (non-hydrogen) atoms. The van der Waals surface area contributed by atoms with Gasteiger partial charge >= 0.3 is 12.6 Å². The first-order valence-corrected chi connectivity index (χ1v) is 7.22. The van der Waals surface area contributed by atoms with E-state index in [1.807, 2.05) is 0 Å². The van der Waals surface area contributed by atoms with Gasteiger partial charge in [0.2, 0.25) is 0 Å². The van der Waals surface area contributed by atoms with Gasteiger partial charge in [0.25, 0.3) is 0 Å². The van der Waals surface area contributed by atoms with Crippen LogP contribution >= 0.6 is 0 Å². The van der Waals surface area contributed by atoms with E-state index in [0.717, 1.165) is 12.3 Å². The molecule has 0 saturated heterocycles. The van der Waals surface area contributed by atoms with Crippen LogP contribution in [-0.4, -0.2) is 21.4 Å². The number of rotatable bonds is 5. The van der Waals surface area contributed by atoms with Gasteiger partial charge in [0.05, 0.1) is 11.9 Å². The van der Waals surface area contributed by atoms with Crippen LogP contribution in [0.15, 0.2) is 55.0 Å². The molecule has 0 aromatic carbocycles. The molecule has 0 aliphatic rings. The van der Waals surface area contributed by atoms with E-state index in [1.165, 1.54) is 37.0 Å². The fourth-order valence-electron chi connectivity index (χ4n) is 2.08. The molecule has 1 radical (unpaired) electrons. The Morgan fingerprint density at radius 2 is 1.77 bits per heavy atom. The Balaban J connectivity index is 1.83. The van der Waals surface area contributed by atoms with E-state index in [-0.39, 0.29) is 5.56 Å². The Hall–Kier alpha value is -3.49. The van der Waals surface area contributed by atoms with Gasteiger partial charge in [-0.3, -0.25) is 14.8 Å². The van der Waals surface area contributed by atoms with Crippen LogP contribution in [0.3, 0.4) is 0 Å².